The van der Waals surface area contributed by atoms with Gasteiger partial charge in [-0.2, -0.15) is 9.40 Å². The molecule has 3 aromatic heterocycles. The van der Waals surface area contributed by atoms with Crippen LogP contribution in [0, 0.1) is 5.92 Å². The number of nitrogens with zero attached hydrogens (tertiary/aromatic N) is 5. The fourth-order valence-electron chi connectivity index (χ4n) is 3.63. The summed E-state index contributed by atoms with van der Waals surface area (Å²) in [5, 5.41) is 18.5. The molecule has 0 aromatic carbocycles. The zero-order chi connectivity index (χ0) is 19.2. The molecule has 1 aliphatic rings. The molecule has 0 amide bonds. The van der Waals surface area contributed by atoms with E-state index >= 15 is 0 Å². The molecular weight excluding hydrogens is 370 g/mol. The summed E-state index contributed by atoms with van der Waals surface area (Å²) in [6, 6.07) is 1.57. The van der Waals surface area contributed by atoms with Gasteiger partial charge in [-0.15, -0.1) is 0 Å². The van der Waals surface area contributed by atoms with Gasteiger partial charge in [0, 0.05) is 44.8 Å². The van der Waals surface area contributed by atoms with Gasteiger partial charge in [-0.1, -0.05) is 12.1 Å². The van der Waals surface area contributed by atoms with Crippen LogP contribution in [0.5, 0.6) is 0 Å². The summed E-state index contributed by atoms with van der Waals surface area (Å²) in [5.41, 5.74) is 1.93. The average molecular weight is 391 g/mol. The Morgan fingerprint density at radius 1 is 1.33 bits per heavy atom. The minimum atomic E-state index is -3.75. The standard InChI is InChI=1S/C17H21N5O4S/c1-3-16-14-4-13(6-18-17(14)26-20-16)27(24,25)22-8-12(10-23)15(9-22)11-5-19-21(2)7-11/h4-7,12,15,23H,3,8-10H2,1-2H3/t12-,15-/m0/s1. The Bertz CT molecular complexity index is 1070. The van der Waals surface area contributed by atoms with Crippen LogP contribution in [0.3, 0.4) is 0 Å². The van der Waals surface area contributed by atoms with Crippen molar-refractivity contribution in [1.82, 2.24) is 24.2 Å². The molecule has 0 spiro atoms. The zero-order valence-electron chi connectivity index (χ0n) is 15.1. The number of rotatable bonds is 5. The molecule has 27 heavy (non-hydrogen) atoms. The highest BCUT2D eigenvalue weighted by molar-refractivity contribution is 7.89. The van der Waals surface area contributed by atoms with Crippen LogP contribution in [0.4, 0.5) is 0 Å². The molecule has 144 valence electrons. The van der Waals surface area contributed by atoms with Crippen molar-refractivity contribution in [2.75, 3.05) is 19.7 Å². The van der Waals surface area contributed by atoms with Gasteiger partial charge in [0.25, 0.3) is 5.71 Å². The second-order valence-electron chi connectivity index (χ2n) is 6.83. The van der Waals surface area contributed by atoms with Crippen LogP contribution in [0.2, 0.25) is 0 Å². The Balaban J connectivity index is 1.67. The molecule has 10 heteroatoms. The predicted molar refractivity (Wildman–Crippen MR) is 96.5 cm³/mol. The second kappa shape index (κ2) is 6.70. The Labute approximate surface area is 156 Å². The van der Waals surface area contributed by atoms with E-state index < -0.39 is 10.0 Å². The first-order chi connectivity index (χ1) is 12.9. The quantitative estimate of drug-likeness (QED) is 0.688. The fraction of sp³-hybridized carbons (Fsp3) is 0.471. The first-order valence-corrected chi connectivity index (χ1v) is 10.2. The maximum absolute atomic E-state index is 13.2. The van der Waals surface area contributed by atoms with Gasteiger partial charge >= 0.3 is 0 Å². The highest BCUT2D eigenvalue weighted by Gasteiger charge is 2.40. The van der Waals surface area contributed by atoms with Gasteiger partial charge in [0.1, 0.15) is 4.90 Å². The first kappa shape index (κ1) is 18.1. The van der Waals surface area contributed by atoms with E-state index in [1.807, 2.05) is 20.2 Å². The summed E-state index contributed by atoms with van der Waals surface area (Å²) < 4.78 is 34.6. The number of pyridine rings is 1. The van der Waals surface area contributed by atoms with Gasteiger partial charge in [0.2, 0.25) is 10.0 Å². The first-order valence-electron chi connectivity index (χ1n) is 8.78. The maximum atomic E-state index is 13.2. The van der Waals surface area contributed by atoms with Crippen LogP contribution >= 0.6 is 0 Å². The smallest absolute Gasteiger partial charge is 0.258 e. The minimum absolute atomic E-state index is 0.0888. The molecule has 1 aliphatic heterocycles. The topological polar surface area (TPSA) is 114 Å². The van der Waals surface area contributed by atoms with E-state index in [1.165, 1.54) is 10.5 Å². The molecule has 0 radical (unpaired) electrons. The molecule has 9 nitrogen and oxygen atoms in total. The maximum Gasteiger partial charge on any atom is 0.258 e. The Morgan fingerprint density at radius 3 is 2.81 bits per heavy atom. The van der Waals surface area contributed by atoms with Gasteiger partial charge in [-0.05, 0) is 18.1 Å². The molecule has 4 rings (SSSR count). The zero-order valence-corrected chi connectivity index (χ0v) is 15.9. The number of aromatic nitrogens is 4. The van der Waals surface area contributed by atoms with Crippen molar-refractivity contribution in [2.24, 2.45) is 13.0 Å². The number of aliphatic hydroxyl groups is 1. The van der Waals surface area contributed by atoms with Crippen LogP contribution in [0.1, 0.15) is 24.1 Å². The van der Waals surface area contributed by atoms with Gasteiger partial charge in [-0.25, -0.2) is 13.4 Å². The van der Waals surface area contributed by atoms with E-state index in [2.05, 4.69) is 15.2 Å². The molecule has 0 unspecified atom stereocenters. The molecule has 0 bridgehead atoms. The lowest BCUT2D eigenvalue weighted by Gasteiger charge is -2.16. The highest BCUT2D eigenvalue weighted by Crippen LogP contribution is 2.35. The molecule has 1 fully saturated rings. The Morgan fingerprint density at radius 2 is 2.15 bits per heavy atom. The summed E-state index contributed by atoms with van der Waals surface area (Å²) in [6.07, 6.45) is 5.51. The van der Waals surface area contributed by atoms with Crippen molar-refractivity contribution >= 4 is 21.1 Å². The summed E-state index contributed by atoms with van der Waals surface area (Å²) in [4.78, 5) is 4.22. The summed E-state index contributed by atoms with van der Waals surface area (Å²) >= 11 is 0. The molecule has 3 aromatic rings. The van der Waals surface area contributed by atoms with Crippen molar-refractivity contribution in [1.29, 1.82) is 0 Å². The Kier molecular flexibility index (Phi) is 4.49. The van der Waals surface area contributed by atoms with Crippen LogP contribution in [0.15, 0.2) is 34.1 Å². The highest BCUT2D eigenvalue weighted by atomic mass is 32.2. The minimum Gasteiger partial charge on any atom is -0.396 e. The lowest BCUT2D eigenvalue weighted by Crippen LogP contribution is -2.29. The molecule has 0 saturated carbocycles. The number of fused-ring (bicyclic) bond motifs is 1. The van der Waals surface area contributed by atoms with Crippen LogP contribution in [0.25, 0.3) is 11.1 Å². The number of hydrogen-bond donors (Lipinski definition) is 1. The largest absolute Gasteiger partial charge is 0.396 e. The summed E-state index contributed by atoms with van der Waals surface area (Å²) in [6.45, 7) is 2.38. The number of aryl methyl sites for hydroxylation is 2. The van der Waals surface area contributed by atoms with E-state index in [1.54, 1.807) is 16.9 Å². The lowest BCUT2D eigenvalue weighted by atomic mass is 9.92. The van der Waals surface area contributed by atoms with Crippen molar-refractivity contribution in [3.8, 4) is 0 Å². The van der Waals surface area contributed by atoms with Gasteiger partial charge in [0.05, 0.1) is 23.5 Å². The van der Waals surface area contributed by atoms with Crippen molar-refractivity contribution in [2.45, 2.75) is 24.2 Å². The lowest BCUT2D eigenvalue weighted by molar-refractivity contribution is 0.223. The normalized spacial score (nSPS) is 21.3. The predicted octanol–water partition coefficient (Wildman–Crippen LogP) is 0.915. The third kappa shape index (κ3) is 3.03. The third-order valence-corrected chi connectivity index (χ3v) is 6.94. The molecule has 1 saturated heterocycles. The molecule has 4 heterocycles. The average Bonchev–Trinajstić information content (AvgIpc) is 3.38. The van der Waals surface area contributed by atoms with Gasteiger partial charge in [0.15, 0.2) is 0 Å². The fourth-order valence-corrected chi connectivity index (χ4v) is 5.12. The number of sulfonamides is 1. The third-order valence-electron chi connectivity index (χ3n) is 5.15. The van der Waals surface area contributed by atoms with E-state index in [-0.39, 0.29) is 29.9 Å². The van der Waals surface area contributed by atoms with Crippen molar-refractivity contribution in [3.63, 3.8) is 0 Å². The summed E-state index contributed by atoms with van der Waals surface area (Å²) in [7, 11) is -1.94. The summed E-state index contributed by atoms with van der Waals surface area (Å²) in [5.74, 6) is -0.278. The van der Waals surface area contributed by atoms with Crippen LogP contribution < -0.4 is 0 Å². The van der Waals surface area contributed by atoms with Crippen molar-refractivity contribution in [3.05, 3.63) is 35.9 Å². The number of hydrogen-bond acceptors (Lipinski definition) is 7. The van der Waals surface area contributed by atoms with Crippen LogP contribution in [-0.4, -0.2) is 57.4 Å². The van der Waals surface area contributed by atoms with E-state index in [4.69, 9.17) is 4.52 Å². The molecular formula is C17H21N5O4S. The second-order valence-corrected chi connectivity index (χ2v) is 8.76. The van der Waals surface area contributed by atoms with E-state index in [9.17, 15) is 13.5 Å². The molecule has 1 N–H and O–H groups in total. The number of aliphatic hydroxyl groups excluding tert-OH is 1. The SMILES string of the molecule is CCc1noc2ncc(S(=O)(=O)N3C[C@@H](CO)[C@H](c4cnn(C)c4)C3)cc12. The van der Waals surface area contributed by atoms with Crippen molar-refractivity contribution < 1.29 is 18.0 Å². The molecule has 0 aliphatic carbocycles. The van der Waals surface area contributed by atoms with Gasteiger partial charge < -0.3 is 9.63 Å². The van der Waals surface area contributed by atoms with Crippen LogP contribution in [-0.2, 0) is 23.5 Å². The molecule has 2 atom stereocenters. The van der Waals surface area contributed by atoms with E-state index in [0.29, 0.717) is 29.8 Å². The Hall–Kier alpha value is -2.30. The monoisotopic (exact) mass is 391 g/mol. The van der Waals surface area contributed by atoms with Gasteiger partial charge in [-0.3, -0.25) is 4.68 Å². The van der Waals surface area contributed by atoms with E-state index in [0.717, 1.165) is 5.56 Å².